The highest BCUT2D eigenvalue weighted by atomic mass is 16.2. The van der Waals surface area contributed by atoms with Crippen molar-refractivity contribution >= 4 is 17.4 Å². The fraction of sp³-hybridized carbons (Fsp3) is 0.692. The van der Waals surface area contributed by atoms with Crippen molar-refractivity contribution in [2.75, 3.05) is 18.0 Å². The van der Waals surface area contributed by atoms with E-state index in [1.165, 1.54) is 51.4 Å². The average molecular weight is 406 g/mol. The molecule has 2 heterocycles. The zero-order valence-corrected chi connectivity index (χ0v) is 18.5. The molecule has 0 radical (unpaired) electrons. The third kappa shape index (κ3) is 2.82. The molecule has 7 rings (SSSR count). The van der Waals surface area contributed by atoms with E-state index in [9.17, 15) is 4.79 Å². The largest absolute Gasteiger partial charge is 0.293 e. The van der Waals surface area contributed by atoms with E-state index in [1.54, 1.807) is 0 Å². The van der Waals surface area contributed by atoms with Gasteiger partial charge in [0.1, 0.15) is 5.84 Å². The molecule has 160 valence electrons. The van der Waals surface area contributed by atoms with Gasteiger partial charge in [-0.3, -0.25) is 19.6 Å². The summed E-state index contributed by atoms with van der Waals surface area (Å²) in [7, 11) is 0. The van der Waals surface area contributed by atoms with E-state index in [-0.39, 0.29) is 17.5 Å². The van der Waals surface area contributed by atoms with Crippen molar-refractivity contribution in [3.05, 3.63) is 30.3 Å². The van der Waals surface area contributed by atoms with Gasteiger partial charge in [-0.05, 0) is 108 Å². The van der Waals surface area contributed by atoms with Crippen molar-refractivity contribution in [3.8, 4) is 0 Å². The first kappa shape index (κ1) is 19.0. The quantitative estimate of drug-likeness (QED) is 0.718. The smallest absolute Gasteiger partial charge is 0.240 e. The summed E-state index contributed by atoms with van der Waals surface area (Å²) in [5, 5.41) is 0. The van der Waals surface area contributed by atoms with Crippen LogP contribution in [-0.2, 0) is 4.79 Å². The number of hydrogen-bond donors (Lipinski definition) is 0. The van der Waals surface area contributed by atoms with Gasteiger partial charge in [-0.1, -0.05) is 18.2 Å². The maximum atomic E-state index is 13.8. The molecule has 4 aliphatic carbocycles. The van der Waals surface area contributed by atoms with Crippen LogP contribution in [0, 0.1) is 23.2 Å². The molecule has 1 atom stereocenters. The standard InChI is InChI=1S/C26H35N3O/c1-25(2)22(28-10-6-7-11-28)23(29(24(25)30)21-8-4-3-5-9-21)27-26-15-18-12-19(16-26)14-20(13-18)17-26/h3-5,8-9,18-20,22H,6-7,10-17H2,1-2H3. The number of anilines is 1. The maximum Gasteiger partial charge on any atom is 0.240 e. The molecule has 0 N–H and O–H groups in total. The van der Waals surface area contributed by atoms with Crippen molar-refractivity contribution in [1.82, 2.24) is 4.90 Å². The van der Waals surface area contributed by atoms with E-state index < -0.39 is 5.41 Å². The highest BCUT2D eigenvalue weighted by Gasteiger charge is 2.57. The van der Waals surface area contributed by atoms with Gasteiger partial charge in [-0.25, -0.2) is 0 Å². The summed E-state index contributed by atoms with van der Waals surface area (Å²) in [5.41, 5.74) is 0.623. The van der Waals surface area contributed by atoms with Crippen molar-refractivity contribution in [2.45, 2.75) is 76.8 Å². The molecule has 1 aromatic carbocycles. The van der Waals surface area contributed by atoms with Crippen LogP contribution in [0.25, 0.3) is 0 Å². The van der Waals surface area contributed by atoms with Crippen molar-refractivity contribution < 1.29 is 4.79 Å². The Morgan fingerprint density at radius 2 is 1.47 bits per heavy atom. The first-order chi connectivity index (χ1) is 14.5. The minimum Gasteiger partial charge on any atom is -0.293 e. The number of amides is 1. The fourth-order valence-corrected chi connectivity index (χ4v) is 7.96. The summed E-state index contributed by atoms with van der Waals surface area (Å²) < 4.78 is 0. The second kappa shape index (κ2) is 6.66. The fourth-order valence-electron chi connectivity index (χ4n) is 7.96. The Labute approximate surface area is 180 Å². The second-order valence-electron chi connectivity index (χ2n) is 11.5. The van der Waals surface area contributed by atoms with E-state index in [2.05, 4.69) is 30.9 Å². The molecule has 30 heavy (non-hydrogen) atoms. The number of para-hydroxylation sites is 1. The summed E-state index contributed by atoms with van der Waals surface area (Å²) >= 11 is 0. The zero-order valence-electron chi connectivity index (χ0n) is 18.5. The third-order valence-electron chi connectivity index (χ3n) is 8.79. The summed E-state index contributed by atoms with van der Waals surface area (Å²) in [4.78, 5) is 24.0. The summed E-state index contributed by atoms with van der Waals surface area (Å²) in [5.74, 6) is 3.86. The van der Waals surface area contributed by atoms with E-state index in [1.807, 2.05) is 23.1 Å². The lowest BCUT2D eigenvalue weighted by Gasteiger charge is -2.55. The Morgan fingerprint density at radius 1 is 0.900 bits per heavy atom. The number of nitrogens with zero attached hydrogens (tertiary/aromatic N) is 3. The summed E-state index contributed by atoms with van der Waals surface area (Å²) in [6.07, 6.45) is 10.5. The van der Waals surface area contributed by atoms with Crippen LogP contribution in [0.5, 0.6) is 0 Å². The molecule has 4 bridgehead atoms. The Morgan fingerprint density at radius 3 is 2.03 bits per heavy atom. The summed E-state index contributed by atoms with van der Waals surface area (Å²) in [6, 6.07) is 10.4. The van der Waals surface area contributed by atoms with Crippen LogP contribution < -0.4 is 4.90 Å². The molecule has 4 saturated carbocycles. The molecular weight excluding hydrogens is 370 g/mol. The number of carbonyl (C=O) groups is 1. The number of benzene rings is 1. The van der Waals surface area contributed by atoms with Crippen molar-refractivity contribution in [2.24, 2.45) is 28.2 Å². The zero-order chi connectivity index (χ0) is 20.5. The Hall–Kier alpha value is -1.68. The minimum absolute atomic E-state index is 0.0792. The first-order valence-corrected chi connectivity index (χ1v) is 12.2. The van der Waals surface area contributed by atoms with Gasteiger partial charge >= 0.3 is 0 Å². The van der Waals surface area contributed by atoms with Crippen LogP contribution in [0.15, 0.2) is 35.3 Å². The number of carbonyl (C=O) groups excluding carboxylic acids is 1. The average Bonchev–Trinajstić information content (AvgIpc) is 3.27. The van der Waals surface area contributed by atoms with Crippen molar-refractivity contribution in [1.29, 1.82) is 0 Å². The lowest BCUT2D eigenvalue weighted by molar-refractivity contribution is -0.125. The van der Waals surface area contributed by atoms with Gasteiger partial charge < -0.3 is 0 Å². The predicted molar refractivity (Wildman–Crippen MR) is 121 cm³/mol. The molecule has 6 fully saturated rings. The molecule has 2 aliphatic heterocycles. The van der Waals surface area contributed by atoms with E-state index in [0.717, 1.165) is 42.4 Å². The van der Waals surface area contributed by atoms with Crippen LogP contribution in [0.4, 0.5) is 5.69 Å². The minimum atomic E-state index is -0.443. The van der Waals surface area contributed by atoms with Gasteiger partial charge in [0.25, 0.3) is 0 Å². The monoisotopic (exact) mass is 405 g/mol. The number of rotatable bonds is 3. The Bertz CT molecular complexity index is 832. The molecule has 0 aromatic heterocycles. The normalized spacial score (nSPS) is 41.3. The van der Waals surface area contributed by atoms with E-state index >= 15 is 0 Å². The Kier molecular flexibility index (Phi) is 4.22. The van der Waals surface area contributed by atoms with Crippen molar-refractivity contribution in [3.63, 3.8) is 0 Å². The molecule has 1 amide bonds. The lowest BCUT2D eigenvalue weighted by Crippen LogP contribution is -2.52. The second-order valence-corrected chi connectivity index (χ2v) is 11.5. The van der Waals surface area contributed by atoms with Gasteiger partial charge in [0, 0.05) is 0 Å². The molecule has 6 aliphatic rings. The van der Waals surface area contributed by atoms with Gasteiger partial charge in [0.05, 0.1) is 22.7 Å². The van der Waals surface area contributed by atoms with E-state index in [0.29, 0.717) is 0 Å². The molecule has 4 heteroatoms. The van der Waals surface area contributed by atoms with Crippen LogP contribution in [0.1, 0.15) is 65.2 Å². The number of aliphatic imine (C=N–C) groups is 1. The van der Waals surface area contributed by atoms with Crippen LogP contribution >= 0.6 is 0 Å². The topological polar surface area (TPSA) is 35.9 Å². The van der Waals surface area contributed by atoms with Gasteiger partial charge in [-0.2, -0.15) is 0 Å². The molecular formula is C26H35N3O. The SMILES string of the molecule is CC1(C)C(=O)N(c2ccccc2)C(=NC23CC4CC(CC(C4)C2)C3)C1N1CCCC1. The summed E-state index contributed by atoms with van der Waals surface area (Å²) in [6.45, 7) is 6.47. The molecule has 1 aromatic rings. The highest BCUT2D eigenvalue weighted by Crippen LogP contribution is 2.58. The van der Waals surface area contributed by atoms with Crippen LogP contribution in [0.3, 0.4) is 0 Å². The van der Waals surface area contributed by atoms with Gasteiger partial charge in [-0.15, -0.1) is 0 Å². The highest BCUT2D eigenvalue weighted by molar-refractivity contribution is 6.27. The molecule has 1 unspecified atom stereocenters. The number of amidine groups is 1. The maximum absolute atomic E-state index is 13.8. The third-order valence-corrected chi connectivity index (χ3v) is 8.79. The van der Waals surface area contributed by atoms with Crippen LogP contribution in [0.2, 0.25) is 0 Å². The lowest BCUT2D eigenvalue weighted by atomic mass is 9.53. The molecule has 4 nitrogen and oxygen atoms in total. The number of likely N-dealkylation sites (tertiary alicyclic amines) is 1. The first-order valence-electron chi connectivity index (χ1n) is 12.2. The van der Waals surface area contributed by atoms with Gasteiger partial charge in [0.15, 0.2) is 0 Å². The number of hydrogen-bond acceptors (Lipinski definition) is 3. The predicted octanol–water partition coefficient (Wildman–Crippen LogP) is 4.89. The van der Waals surface area contributed by atoms with E-state index in [4.69, 9.17) is 4.99 Å². The molecule has 0 spiro atoms. The Balaban J connectivity index is 1.48. The van der Waals surface area contributed by atoms with Gasteiger partial charge in [0.2, 0.25) is 5.91 Å². The van der Waals surface area contributed by atoms with Crippen LogP contribution in [-0.4, -0.2) is 41.3 Å². The molecule has 2 saturated heterocycles.